The zero-order valence-electron chi connectivity index (χ0n) is 15.2. The van der Waals surface area contributed by atoms with E-state index >= 15 is 0 Å². The molecule has 1 aliphatic carbocycles. The third kappa shape index (κ3) is 3.04. The summed E-state index contributed by atoms with van der Waals surface area (Å²) in [6.07, 6.45) is -1.86. The third-order valence-corrected chi connectivity index (χ3v) is 5.43. The summed E-state index contributed by atoms with van der Waals surface area (Å²) in [5, 5.41) is 4.19. The van der Waals surface area contributed by atoms with Gasteiger partial charge in [0.2, 0.25) is 5.82 Å². The van der Waals surface area contributed by atoms with Crippen molar-refractivity contribution in [2.24, 2.45) is 0 Å². The number of nitrogens with zero attached hydrogens (tertiary/aromatic N) is 1. The van der Waals surface area contributed by atoms with Gasteiger partial charge < -0.3 is 15.3 Å². The largest absolute Gasteiger partial charge is 0.449 e. The lowest BCUT2D eigenvalue weighted by Crippen LogP contribution is -2.31. The Bertz CT molecular complexity index is 1240. The Labute approximate surface area is 163 Å². The number of nitrogens with one attached hydrogen (secondary N) is 3. The Balaban J connectivity index is 1.44. The molecule has 2 heterocycles. The molecule has 0 saturated heterocycles. The molecule has 0 saturated carbocycles. The highest BCUT2D eigenvalue weighted by Gasteiger charge is 2.34. The number of carbonyl (C=O) groups is 1. The lowest BCUT2D eigenvalue weighted by atomic mass is 9.91. The summed E-state index contributed by atoms with van der Waals surface area (Å²) in [6.45, 7) is 0. The fourth-order valence-electron chi connectivity index (χ4n) is 4.09. The molecule has 0 bridgehead atoms. The molecule has 148 valence electrons. The number of hydrogen-bond donors (Lipinski definition) is 3. The minimum absolute atomic E-state index is 0.165. The zero-order valence-corrected chi connectivity index (χ0v) is 15.2. The van der Waals surface area contributed by atoms with E-state index < -0.39 is 12.0 Å². The van der Waals surface area contributed by atoms with Crippen LogP contribution >= 0.6 is 0 Å². The van der Waals surface area contributed by atoms with Crippen molar-refractivity contribution in [2.75, 3.05) is 0 Å². The number of H-pyrrole nitrogens is 2. The second kappa shape index (κ2) is 6.37. The molecule has 0 fully saturated rings. The smallest absolute Gasteiger partial charge is 0.356 e. The molecule has 1 atom stereocenters. The molecule has 0 radical (unpaired) electrons. The van der Waals surface area contributed by atoms with Crippen molar-refractivity contribution in [2.45, 2.75) is 31.5 Å². The minimum Gasteiger partial charge on any atom is -0.356 e. The maximum absolute atomic E-state index is 12.8. The van der Waals surface area contributed by atoms with E-state index in [9.17, 15) is 18.0 Å². The Kier molecular flexibility index (Phi) is 3.90. The van der Waals surface area contributed by atoms with Crippen LogP contribution in [-0.4, -0.2) is 20.9 Å². The Morgan fingerprint density at radius 2 is 1.93 bits per heavy atom. The molecule has 4 aromatic rings. The second-order valence-electron chi connectivity index (χ2n) is 7.30. The molecule has 0 spiro atoms. The number of aryl methyl sites for hydroxylation is 1. The van der Waals surface area contributed by atoms with Gasteiger partial charge in [0.15, 0.2) is 0 Å². The van der Waals surface area contributed by atoms with Crippen LogP contribution in [0.4, 0.5) is 13.2 Å². The lowest BCUT2D eigenvalue weighted by molar-refractivity contribution is -0.144. The van der Waals surface area contributed by atoms with Gasteiger partial charge in [-0.25, -0.2) is 4.98 Å². The summed E-state index contributed by atoms with van der Waals surface area (Å²) in [6, 6.07) is 12.2. The van der Waals surface area contributed by atoms with Crippen LogP contribution in [0.1, 0.15) is 46.3 Å². The maximum atomic E-state index is 12.8. The first-order valence-corrected chi connectivity index (χ1v) is 9.37. The summed E-state index contributed by atoms with van der Waals surface area (Å²) in [4.78, 5) is 22.0. The summed E-state index contributed by atoms with van der Waals surface area (Å²) < 4.78 is 38.5. The average molecular weight is 398 g/mol. The minimum atomic E-state index is -4.56. The van der Waals surface area contributed by atoms with E-state index in [1.54, 1.807) is 0 Å². The number of para-hydroxylation sites is 1. The number of benzene rings is 2. The summed E-state index contributed by atoms with van der Waals surface area (Å²) in [5.41, 5.74) is 3.91. The fourth-order valence-corrected chi connectivity index (χ4v) is 4.09. The number of halogens is 3. The van der Waals surface area contributed by atoms with Crippen LogP contribution in [0.15, 0.2) is 42.5 Å². The summed E-state index contributed by atoms with van der Waals surface area (Å²) in [7, 11) is 0. The highest BCUT2D eigenvalue weighted by Crippen LogP contribution is 2.35. The Morgan fingerprint density at radius 1 is 1.10 bits per heavy atom. The Hall–Kier alpha value is -3.29. The molecular formula is C21H17F3N4O. The predicted molar refractivity (Wildman–Crippen MR) is 103 cm³/mol. The number of aromatic amines is 2. The number of carbonyl (C=O) groups excluding carboxylic acids is 1. The van der Waals surface area contributed by atoms with E-state index in [1.807, 2.05) is 18.2 Å². The molecule has 3 N–H and O–H groups in total. The number of amides is 1. The van der Waals surface area contributed by atoms with Gasteiger partial charge in [-0.1, -0.05) is 18.2 Å². The normalized spacial score (nSPS) is 16.9. The van der Waals surface area contributed by atoms with Gasteiger partial charge >= 0.3 is 6.18 Å². The number of alkyl halides is 3. The van der Waals surface area contributed by atoms with Crippen LogP contribution < -0.4 is 5.32 Å². The lowest BCUT2D eigenvalue weighted by Gasteiger charge is -2.24. The molecule has 1 amide bonds. The van der Waals surface area contributed by atoms with Gasteiger partial charge in [0, 0.05) is 22.2 Å². The SMILES string of the molecule is O=C(N[C@@H]1CCCc2c1[nH]c1ccccc21)c1ccc2nc(C(F)(F)F)[nH]c2c1. The molecule has 8 heteroatoms. The van der Waals surface area contributed by atoms with E-state index in [-0.39, 0.29) is 28.5 Å². The quantitative estimate of drug-likeness (QED) is 0.451. The van der Waals surface area contributed by atoms with Crippen molar-refractivity contribution in [3.63, 3.8) is 0 Å². The van der Waals surface area contributed by atoms with Crippen molar-refractivity contribution < 1.29 is 18.0 Å². The van der Waals surface area contributed by atoms with Gasteiger partial charge in [-0.2, -0.15) is 13.2 Å². The van der Waals surface area contributed by atoms with E-state index in [1.165, 1.54) is 29.1 Å². The summed E-state index contributed by atoms with van der Waals surface area (Å²) in [5.74, 6) is -1.40. The summed E-state index contributed by atoms with van der Waals surface area (Å²) >= 11 is 0. The molecule has 29 heavy (non-hydrogen) atoms. The van der Waals surface area contributed by atoms with E-state index in [2.05, 4.69) is 26.3 Å². The van der Waals surface area contributed by atoms with Crippen LogP contribution in [-0.2, 0) is 12.6 Å². The number of imidazole rings is 1. The highest BCUT2D eigenvalue weighted by molar-refractivity contribution is 5.97. The molecule has 5 nitrogen and oxygen atoms in total. The molecule has 2 aromatic carbocycles. The zero-order chi connectivity index (χ0) is 20.2. The first-order chi connectivity index (χ1) is 13.9. The van der Waals surface area contributed by atoms with Crippen molar-refractivity contribution >= 4 is 27.8 Å². The van der Waals surface area contributed by atoms with Gasteiger partial charge in [0.1, 0.15) is 0 Å². The van der Waals surface area contributed by atoms with Crippen molar-refractivity contribution in [1.29, 1.82) is 0 Å². The van der Waals surface area contributed by atoms with Crippen LogP contribution in [0.2, 0.25) is 0 Å². The average Bonchev–Trinajstić information content (AvgIpc) is 3.29. The number of hydrogen-bond acceptors (Lipinski definition) is 2. The van der Waals surface area contributed by atoms with E-state index in [0.717, 1.165) is 30.5 Å². The third-order valence-electron chi connectivity index (χ3n) is 5.43. The predicted octanol–water partition coefficient (Wildman–Crippen LogP) is 4.87. The topological polar surface area (TPSA) is 73.6 Å². The fraction of sp³-hybridized carbons (Fsp3) is 0.238. The van der Waals surface area contributed by atoms with E-state index in [0.29, 0.717) is 0 Å². The van der Waals surface area contributed by atoms with Gasteiger partial charge in [-0.05, 0) is 49.1 Å². The standard InChI is InChI=1S/C21H17F3N4O/c22-21(23,24)20-27-15-9-8-11(10-17(15)28-20)19(29)26-16-7-3-5-13-12-4-1-2-6-14(12)25-18(13)16/h1-2,4,6,8-10,16,25H,3,5,7H2,(H,26,29)(H,27,28)/t16-/m1/s1. The molecule has 2 aromatic heterocycles. The molecule has 5 rings (SSSR count). The highest BCUT2D eigenvalue weighted by atomic mass is 19.4. The molecule has 1 aliphatic rings. The Morgan fingerprint density at radius 3 is 2.76 bits per heavy atom. The van der Waals surface area contributed by atoms with Gasteiger partial charge in [-0.15, -0.1) is 0 Å². The maximum Gasteiger partial charge on any atom is 0.449 e. The molecule has 0 aliphatic heterocycles. The van der Waals surface area contributed by atoms with Crippen LogP contribution in [0.3, 0.4) is 0 Å². The van der Waals surface area contributed by atoms with Crippen LogP contribution in [0.25, 0.3) is 21.9 Å². The van der Waals surface area contributed by atoms with Crippen LogP contribution in [0, 0.1) is 0 Å². The van der Waals surface area contributed by atoms with E-state index in [4.69, 9.17) is 0 Å². The first-order valence-electron chi connectivity index (χ1n) is 9.37. The van der Waals surface area contributed by atoms with Crippen molar-refractivity contribution in [3.05, 3.63) is 65.1 Å². The van der Waals surface area contributed by atoms with Crippen LogP contribution in [0.5, 0.6) is 0 Å². The number of aromatic nitrogens is 3. The van der Waals surface area contributed by atoms with Gasteiger partial charge in [0.25, 0.3) is 5.91 Å². The molecular weight excluding hydrogens is 381 g/mol. The van der Waals surface area contributed by atoms with Gasteiger partial charge in [0.05, 0.1) is 17.1 Å². The first kappa shape index (κ1) is 17.8. The second-order valence-corrected chi connectivity index (χ2v) is 7.30. The monoisotopic (exact) mass is 398 g/mol. The number of fused-ring (bicyclic) bond motifs is 4. The van der Waals surface area contributed by atoms with Crippen molar-refractivity contribution in [3.8, 4) is 0 Å². The van der Waals surface area contributed by atoms with Gasteiger partial charge in [-0.3, -0.25) is 4.79 Å². The molecule has 0 unspecified atom stereocenters. The van der Waals surface area contributed by atoms with Crippen molar-refractivity contribution in [1.82, 2.24) is 20.3 Å². The number of rotatable bonds is 2.